The first-order chi connectivity index (χ1) is 43.6. The Morgan fingerprint density at radius 1 is 0.587 bits per heavy atom. The van der Waals surface area contributed by atoms with Crippen molar-refractivity contribution >= 4 is 76.9 Å². The van der Waals surface area contributed by atoms with E-state index >= 15 is 0 Å². The number of nitrogens with zero attached hydrogens (tertiary/aromatic N) is 3. The first kappa shape index (κ1) is 73.4. The lowest BCUT2D eigenvalue weighted by atomic mass is 9.98. The second-order valence-corrected chi connectivity index (χ2v) is 23.2. The summed E-state index contributed by atoms with van der Waals surface area (Å²) in [5.41, 5.74) is 13.5. The molecule has 3 aromatic rings. The molecule has 0 spiro atoms. The number of aromatic nitrogens is 2. The maximum absolute atomic E-state index is 14.8. The van der Waals surface area contributed by atoms with Crippen LogP contribution in [0.25, 0.3) is 0 Å². The number of nitrogens with one attached hydrogen (secondary N) is 10. The Morgan fingerprint density at radius 3 is 1.66 bits per heavy atom. The molecule has 2 aliphatic heterocycles. The van der Waals surface area contributed by atoms with Crippen LogP contribution in [-0.2, 0) is 81.6 Å². The Balaban J connectivity index is 1.25. The second-order valence-electron chi connectivity index (χ2n) is 23.2. The van der Waals surface area contributed by atoms with Crippen molar-refractivity contribution in [2.45, 2.75) is 184 Å². The van der Waals surface area contributed by atoms with Crippen molar-refractivity contribution in [1.29, 1.82) is 0 Å². The number of aliphatic hydroxyl groups excluding tert-OH is 2. The number of benzene rings is 2. The number of nitrogens with two attached hydrogens (primary N) is 2. The van der Waals surface area contributed by atoms with E-state index in [1.54, 1.807) is 74.5 Å². The lowest BCUT2D eigenvalue weighted by Crippen LogP contribution is -2.62. The van der Waals surface area contributed by atoms with Gasteiger partial charge in [0.05, 0.1) is 31.1 Å². The molecule has 0 unspecified atom stereocenters. The van der Waals surface area contributed by atoms with Crippen molar-refractivity contribution in [2.24, 2.45) is 17.4 Å². The third kappa shape index (κ3) is 21.7. The first-order valence-electron chi connectivity index (χ1n) is 30.6. The van der Waals surface area contributed by atoms with Crippen molar-refractivity contribution in [1.82, 2.24) is 67.6 Å². The third-order valence-electron chi connectivity index (χ3n) is 16.0. The number of H-pyrrole nitrogens is 1. The number of aromatic amines is 1. The Morgan fingerprint density at radius 2 is 1.12 bits per heavy atom. The van der Waals surface area contributed by atoms with E-state index in [4.69, 9.17) is 11.5 Å². The molecule has 2 fully saturated rings. The molecule has 5 rings (SSSR count). The van der Waals surface area contributed by atoms with E-state index in [0.29, 0.717) is 24.1 Å². The maximum Gasteiger partial charge on any atom is 0.326 e. The topological polar surface area (TPSA) is 478 Å². The SMILES string of the molecule is CC[C@H](C)[C@H](NC(=O)[C@H](C)NC(=O)[C@@H](NC(=O)[C@H](CCC(N)=O)NC(=O)[C@@H]1CCCN1C(=O)[C@H](Cc1ccccc1)NC(=O)[C@@H](NC(=O)[C@H](Cc1cnc[nH]1)NC(=O)[C@@H](N)Cc1ccccc1)[C@@H](C)O)[C@@H](C)O)C(=O)NCC(=O)N[C@@H](C)C(=O)N1CCC[C@H]1C(=O)O. The number of aliphatic carboxylic acids is 1. The molecule has 92 heavy (non-hydrogen) atoms. The molecule has 14 atom stereocenters. The normalized spacial score (nSPS) is 18.4. The van der Waals surface area contributed by atoms with Crippen LogP contribution in [0.5, 0.6) is 0 Å². The highest BCUT2D eigenvalue weighted by molar-refractivity contribution is 5.99. The Kier molecular flexibility index (Phi) is 28.2. The molecule has 0 saturated carbocycles. The molecule has 0 radical (unpaired) electrons. The van der Waals surface area contributed by atoms with E-state index < -0.39 is 181 Å². The number of hydrogen-bond donors (Lipinski definition) is 15. The minimum atomic E-state index is -1.81. The molecule has 31 nitrogen and oxygen atoms in total. The summed E-state index contributed by atoms with van der Waals surface area (Å²) < 4.78 is 0. The zero-order chi connectivity index (χ0) is 67.9. The van der Waals surface area contributed by atoms with Gasteiger partial charge in [0.2, 0.25) is 70.9 Å². The fourth-order valence-corrected chi connectivity index (χ4v) is 10.5. The number of imidazole rings is 1. The largest absolute Gasteiger partial charge is 0.480 e. The molecule has 0 bridgehead atoms. The number of aliphatic hydroxyl groups is 2. The van der Waals surface area contributed by atoms with Gasteiger partial charge in [-0.2, -0.15) is 0 Å². The van der Waals surface area contributed by atoms with Crippen LogP contribution in [0.2, 0.25) is 0 Å². The quantitative estimate of drug-likeness (QED) is 0.0271. The molecule has 17 N–H and O–H groups in total. The number of carboxylic acids is 1. The van der Waals surface area contributed by atoms with E-state index in [9.17, 15) is 77.6 Å². The van der Waals surface area contributed by atoms with Crippen LogP contribution in [0, 0.1) is 5.92 Å². The van der Waals surface area contributed by atoms with Gasteiger partial charge < -0.3 is 89.4 Å². The highest BCUT2D eigenvalue weighted by Crippen LogP contribution is 2.22. The van der Waals surface area contributed by atoms with Crippen LogP contribution in [0.15, 0.2) is 73.2 Å². The fraction of sp³-hybridized carbons (Fsp3) is 0.541. The number of rotatable bonds is 34. The summed E-state index contributed by atoms with van der Waals surface area (Å²) in [5, 5.41) is 53.8. The minimum Gasteiger partial charge on any atom is -0.480 e. The average Bonchev–Trinajstić information content (AvgIpc) is 1.74. The number of likely N-dealkylation sites (tertiary alicyclic amines) is 2. The summed E-state index contributed by atoms with van der Waals surface area (Å²) in [6.45, 7) is 7.92. The Hall–Kier alpha value is -9.36. The number of hydrogen-bond acceptors (Lipinski definition) is 17. The van der Waals surface area contributed by atoms with Crippen LogP contribution >= 0.6 is 0 Å². The molecule has 502 valence electrons. The smallest absolute Gasteiger partial charge is 0.326 e. The summed E-state index contributed by atoms with van der Waals surface area (Å²) in [5.74, 6) is -12.1. The van der Waals surface area contributed by atoms with E-state index in [0.717, 1.165) is 12.5 Å². The molecule has 1 aromatic heterocycles. The maximum atomic E-state index is 14.8. The van der Waals surface area contributed by atoms with Gasteiger partial charge in [-0.1, -0.05) is 80.9 Å². The highest BCUT2D eigenvalue weighted by Gasteiger charge is 2.42. The zero-order valence-electron chi connectivity index (χ0n) is 52.3. The van der Waals surface area contributed by atoms with Crippen LogP contribution in [0.4, 0.5) is 0 Å². The molecule has 31 heteroatoms. The second kappa shape index (κ2) is 35.3. The van der Waals surface area contributed by atoms with Crippen LogP contribution < -0.4 is 59.3 Å². The lowest BCUT2D eigenvalue weighted by Gasteiger charge is -2.31. The van der Waals surface area contributed by atoms with Gasteiger partial charge in [-0.25, -0.2) is 9.78 Å². The van der Waals surface area contributed by atoms with Crippen molar-refractivity contribution < 1.29 is 77.6 Å². The van der Waals surface area contributed by atoms with Gasteiger partial charge in [-0.05, 0) is 83.3 Å². The van der Waals surface area contributed by atoms with E-state index in [1.165, 1.54) is 43.1 Å². The Bertz CT molecular complexity index is 3060. The number of carboxylic acid groups (broad SMARTS) is 1. The summed E-state index contributed by atoms with van der Waals surface area (Å²) in [6, 6.07) is 2.25. The molecule has 3 heterocycles. The Labute approximate surface area is 531 Å². The van der Waals surface area contributed by atoms with Gasteiger partial charge in [0.15, 0.2) is 0 Å². The van der Waals surface area contributed by atoms with Crippen LogP contribution in [0.1, 0.15) is 103 Å². The van der Waals surface area contributed by atoms with Crippen molar-refractivity contribution in [3.05, 3.63) is 90.0 Å². The molecule has 0 aliphatic carbocycles. The fourth-order valence-electron chi connectivity index (χ4n) is 10.5. The van der Waals surface area contributed by atoms with Gasteiger partial charge in [-0.15, -0.1) is 0 Å². The van der Waals surface area contributed by atoms with E-state index in [2.05, 4.69) is 57.8 Å². The molecular weight excluding hydrogens is 1200 g/mol. The van der Waals surface area contributed by atoms with Gasteiger partial charge in [0.25, 0.3) is 0 Å². The van der Waals surface area contributed by atoms with Crippen molar-refractivity contribution in [2.75, 3.05) is 19.6 Å². The van der Waals surface area contributed by atoms with E-state index in [1.807, 2.05) is 0 Å². The van der Waals surface area contributed by atoms with E-state index in [-0.39, 0.29) is 51.6 Å². The van der Waals surface area contributed by atoms with Gasteiger partial charge in [0.1, 0.15) is 60.4 Å². The van der Waals surface area contributed by atoms with Gasteiger partial charge in [-0.3, -0.25) is 57.5 Å². The van der Waals surface area contributed by atoms with Crippen LogP contribution in [0.3, 0.4) is 0 Å². The van der Waals surface area contributed by atoms with Gasteiger partial charge in [0, 0.05) is 44.2 Å². The minimum absolute atomic E-state index is 0.0230. The zero-order valence-corrected chi connectivity index (χ0v) is 52.3. The molecule has 2 saturated heterocycles. The van der Waals surface area contributed by atoms with Crippen LogP contribution in [-0.4, -0.2) is 210 Å². The number of primary amides is 1. The summed E-state index contributed by atoms with van der Waals surface area (Å²) in [6.07, 6.45) is -0.100. The predicted octanol–water partition coefficient (Wildman–Crippen LogP) is -4.06. The number of amides is 12. The molecule has 12 amide bonds. The standard InChI is InChI=1S/C61H87N15O16/c1-7-32(2)48(56(86)65-30-47(80)67-34(4)59(89)76-25-15-21-45(76)61(91)92)72-51(81)33(3)68-57(87)49(35(5)77)73-53(83)41(22-23-46(63)79)69-55(85)44-20-14-24-75(44)60(90)43(27-38-18-12-9-13-19-38)71-58(88)50(36(6)78)74-54(84)42(28-39-29-64-31-66-39)70-52(82)40(62)26-37-16-10-8-11-17-37/h8-13,16-19,29,31-36,40-45,48-50,77-78H,7,14-15,20-28,30,62H2,1-6H3,(H2,63,79)(H,64,66)(H,65,86)(H,67,80)(H,68,87)(H,69,85)(H,70,82)(H,71,88)(H,72,81)(H,73,83)(H,74,84)(H,91,92)/t32-,33-,34-,35+,36+,40-,41-,42-,43-,44-,45-,48-,49-,50-/m0/s1. The molecule has 2 aromatic carbocycles. The number of carbonyl (C=O) groups excluding carboxylic acids is 12. The van der Waals surface area contributed by atoms with Crippen molar-refractivity contribution in [3.8, 4) is 0 Å². The molecule has 2 aliphatic rings. The van der Waals surface area contributed by atoms with Crippen molar-refractivity contribution in [3.63, 3.8) is 0 Å². The first-order valence-corrected chi connectivity index (χ1v) is 30.6. The highest BCUT2D eigenvalue weighted by atomic mass is 16.4. The van der Waals surface area contributed by atoms with Gasteiger partial charge >= 0.3 is 5.97 Å². The monoisotopic (exact) mass is 1290 g/mol. The summed E-state index contributed by atoms with van der Waals surface area (Å²) in [7, 11) is 0. The lowest BCUT2D eigenvalue weighted by molar-refractivity contribution is -0.149. The molecular formula is C61H87N15O16. The third-order valence-corrected chi connectivity index (χ3v) is 16.0. The summed E-state index contributed by atoms with van der Waals surface area (Å²) in [4.78, 5) is 185. The summed E-state index contributed by atoms with van der Waals surface area (Å²) >= 11 is 0. The predicted molar refractivity (Wildman–Crippen MR) is 329 cm³/mol. The number of carbonyl (C=O) groups is 13. The average molecular weight is 1290 g/mol.